The van der Waals surface area contributed by atoms with Crippen LogP contribution >= 0.6 is 0 Å². The van der Waals surface area contributed by atoms with Crippen molar-refractivity contribution in [3.05, 3.63) is 39.4 Å². The van der Waals surface area contributed by atoms with E-state index >= 15 is 0 Å². The van der Waals surface area contributed by atoms with Gasteiger partial charge in [0.25, 0.3) is 5.69 Å². The first kappa shape index (κ1) is 11.8. The standard InChI is InChI=1S/C10H9NO5/c1-16-10(13)8-6-7(4-5-12)2-3-9(8)11(14)15/h2-3,5-6H,4H2,1H3. The zero-order valence-corrected chi connectivity index (χ0v) is 8.50. The number of rotatable bonds is 4. The predicted molar refractivity (Wildman–Crippen MR) is 54.2 cm³/mol. The maximum atomic E-state index is 11.3. The van der Waals surface area contributed by atoms with Gasteiger partial charge in [0.15, 0.2) is 0 Å². The molecule has 0 saturated carbocycles. The molecule has 84 valence electrons. The minimum atomic E-state index is -0.792. The van der Waals surface area contributed by atoms with Gasteiger partial charge < -0.3 is 9.53 Å². The van der Waals surface area contributed by atoms with Crippen LogP contribution in [-0.2, 0) is 16.0 Å². The van der Waals surface area contributed by atoms with E-state index in [0.717, 1.165) is 7.11 Å². The predicted octanol–water partition coefficient (Wildman–Crippen LogP) is 1.12. The Kier molecular flexibility index (Phi) is 3.71. The van der Waals surface area contributed by atoms with Crippen molar-refractivity contribution >= 4 is 17.9 Å². The highest BCUT2D eigenvalue weighted by molar-refractivity contribution is 5.94. The third kappa shape index (κ3) is 2.41. The molecule has 0 aliphatic carbocycles. The summed E-state index contributed by atoms with van der Waals surface area (Å²) >= 11 is 0. The number of esters is 1. The number of carbonyl (C=O) groups is 2. The van der Waals surface area contributed by atoms with Crippen LogP contribution in [0.4, 0.5) is 5.69 Å². The van der Waals surface area contributed by atoms with Crippen LogP contribution in [0.25, 0.3) is 0 Å². The number of methoxy groups -OCH3 is 1. The van der Waals surface area contributed by atoms with Crippen LogP contribution < -0.4 is 0 Å². The molecule has 0 aliphatic heterocycles. The third-order valence-electron chi connectivity index (χ3n) is 1.98. The van der Waals surface area contributed by atoms with E-state index < -0.39 is 10.9 Å². The maximum absolute atomic E-state index is 11.3. The summed E-state index contributed by atoms with van der Waals surface area (Å²) in [7, 11) is 1.14. The van der Waals surface area contributed by atoms with E-state index in [0.29, 0.717) is 11.8 Å². The number of hydrogen-bond acceptors (Lipinski definition) is 5. The second-order valence-electron chi connectivity index (χ2n) is 2.97. The van der Waals surface area contributed by atoms with Crippen LogP contribution in [0.15, 0.2) is 18.2 Å². The lowest BCUT2D eigenvalue weighted by Gasteiger charge is -2.02. The Bertz CT molecular complexity index is 441. The fourth-order valence-electron chi connectivity index (χ4n) is 1.24. The molecule has 0 unspecified atom stereocenters. The SMILES string of the molecule is COC(=O)c1cc(CC=O)ccc1[N+](=O)[O-]. The van der Waals surface area contributed by atoms with Crippen molar-refractivity contribution in [3.8, 4) is 0 Å². The first-order chi connectivity index (χ1) is 7.60. The van der Waals surface area contributed by atoms with Gasteiger partial charge in [0, 0.05) is 12.5 Å². The number of carbonyl (C=O) groups excluding carboxylic acids is 2. The number of benzene rings is 1. The largest absolute Gasteiger partial charge is 0.465 e. The Morgan fingerprint density at radius 1 is 1.56 bits per heavy atom. The summed E-state index contributed by atoms with van der Waals surface area (Å²) in [5, 5.41) is 10.6. The summed E-state index contributed by atoms with van der Waals surface area (Å²) < 4.78 is 4.43. The second kappa shape index (κ2) is 5.01. The van der Waals surface area contributed by atoms with Crippen LogP contribution in [0.5, 0.6) is 0 Å². The van der Waals surface area contributed by atoms with Gasteiger partial charge in [-0.3, -0.25) is 10.1 Å². The molecule has 0 saturated heterocycles. The summed E-state index contributed by atoms with van der Waals surface area (Å²) in [6.07, 6.45) is 0.754. The van der Waals surface area contributed by atoms with E-state index in [1.54, 1.807) is 0 Å². The molecular formula is C10H9NO5. The molecular weight excluding hydrogens is 214 g/mol. The monoisotopic (exact) mass is 223 g/mol. The molecule has 0 N–H and O–H groups in total. The van der Waals surface area contributed by atoms with Gasteiger partial charge >= 0.3 is 5.97 Å². The third-order valence-corrected chi connectivity index (χ3v) is 1.98. The van der Waals surface area contributed by atoms with E-state index in [2.05, 4.69) is 4.74 Å². The summed E-state index contributed by atoms with van der Waals surface area (Å²) in [5.41, 5.74) is 0.0503. The smallest absolute Gasteiger partial charge is 0.344 e. The molecule has 0 aliphatic rings. The molecule has 1 rings (SSSR count). The van der Waals surface area contributed by atoms with Gasteiger partial charge in [0.1, 0.15) is 11.8 Å². The highest BCUT2D eigenvalue weighted by atomic mass is 16.6. The number of aldehydes is 1. The molecule has 16 heavy (non-hydrogen) atoms. The highest BCUT2D eigenvalue weighted by Crippen LogP contribution is 2.20. The lowest BCUT2D eigenvalue weighted by atomic mass is 10.1. The van der Waals surface area contributed by atoms with Gasteiger partial charge in [0.05, 0.1) is 12.0 Å². The maximum Gasteiger partial charge on any atom is 0.344 e. The Balaban J connectivity index is 3.26. The molecule has 0 atom stereocenters. The Morgan fingerprint density at radius 2 is 2.25 bits per heavy atom. The van der Waals surface area contributed by atoms with Gasteiger partial charge in [-0.05, 0) is 11.6 Å². The van der Waals surface area contributed by atoms with Crippen molar-refractivity contribution in [1.82, 2.24) is 0 Å². The lowest BCUT2D eigenvalue weighted by Crippen LogP contribution is -2.06. The number of ether oxygens (including phenoxy) is 1. The van der Waals surface area contributed by atoms with E-state index in [4.69, 9.17) is 0 Å². The topological polar surface area (TPSA) is 86.5 Å². The molecule has 6 nitrogen and oxygen atoms in total. The van der Waals surface area contributed by atoms with Gasteiger partial charge in [-0.2, -0.15) is 0 Å². The molecule has 1 aromatic carbocycles. The molecule has 0 fully saturated rings. The van der Waals surface area contributed by atoms with Crippen molar-refractivity contribution in [2.24, 2.45) is 0 Å². The van der Waals surface area contributed by atoms with Crippen molar-refractivity contribution in [2.45, 2.75) is 6.42 Å². The van der Waals surface area contributed by atoms with Crippen molar-refractivity contribution in [1.29, 1.82) is 0 Å². The summed E-state index contributed by atoms with van der Waals surface area (Å²) in [5.74, 6) is -0.792. The fraction of sp³-hybridized carbons (Fsp3) is 0.200. The number of nitro groups is 1. The van der Waals surface area contributed by atoms with E-state index in [1.165, 1.54) is 18.2 Å². The molecule has 0 amide bonds. The van der Waals surface area contributed by atoms with Gasteiger partial charge in [-0.15, -0.1) is 0 Å². The van der Waals surface area contributed by atoms with Gasteiger partial charge in [-0.25, -0.2) is 4.79 Å². The summed E-state index contributed by atoms with van der Waals surface area (Å²) in [4.78, 5) is 31.5. The highest BCUT2D eigenvalue weighted by Gasteiger charge is 2.20. The molecule has 6 heteroatoms. The van der Waals surface area contributed by atoms with Crippen molar-refractivity contribution < 1.29 is 19.2 Å². The quantitative estimate of drug-likeness (QED) is 0.330. The molecule has 0 spiro atoms. The van der Waals surface area contributed by atoms with E-state index in [1.807, 2.05) is 0 Å². The minimum Gasteiger partial charge on any atom is -0.465 e. The zero-order chi connectivity index (χ0) is 12.1. The van der Waals surface area contributed by atoms with Crippen LogP contribution in [-0.4, -0.2) is 24.3 Å². The summed E-state index contributed by atoms with van der Waals surface area (Å²) in [6, 6.07) is 3.91. The second-order valence-corrected chi connectivity index (χ2v) is 2.97. The normalized spacial score (nSPS) is 9.56. The fourth-order valence-corrected chi connectivity index (χ4v) is 1.24. The zero-order valence-electron chi connectivity index (χ0n) is 8.50. The van der Waals surface area contributed by atoms with Crippen LogP contribution in [0.1, 0.15) is 15.9 Å². The molecule has 1 aromatic rings. The number of nitro benzene ring substituents is 1. The molecule has 0 heterocycles. The Hall–Kier alpha value is -2.24. The lowest BCUT2D eigenvalue weighted by molar-refractivity contribution is -0.385. The van der Waals surface area contributed by atoms with Gasteiger partial charge in [0.2, 0.25) is 0 Å². The minimum absolute atomic E-state index is 0.0992. The molecule has 0 aromatic heterocycles. The number of nitrogens with zero attached hydrogens (tertiary/aromatic N) is 1. The first-order valence-corrected chi connectivity index (χ1v) is 4.39. The average molecular weight is 223 g/mol. The average Bonchev–Trinajstić information content (AvgIpc) is 2.28. The first-order valence-electron chi connectivity index (χ1n) is 4.39. The van der Waals surface area contributed by atoms with E-state index in [-0.39, 0.29) is 17.7 Å². The number of hydrogen-bond donors (Lipinski definition) is 0. The van der Waals surface area contributed by atoms with Crippen LogP contribution in [0.3, 0.4) is 0 Å². The van der Waals surface area contributed by atoms with E-state index in [9.17, 15) is 19.7 Å². The van der Waals surface area contributed by atoms with Crippen molar-refractivity contribution in [2.75, 3.05) is 7.11 Å². The Morgan fingerprint density at radius 3 is 2.75 bits per heavy atom. The van der Waals surface area contributed by atoms with Crippen LogP contribution in [0, 0.1) is 10.1 Å². The van der Waals surface area contributed by atoms with Gasteiger partial charge in [-0.1, -0.05) is 6.07 Å². The van der Waals surface area contributed by atoms with Crippen LogP contribution in [0.2, 0.25) is 0 Å². The Labute approximate surface area is 91.0 Å². The molecule has 0 bridgehead atoms. The molecule has 0 radical (unpaired) electrons. The van der Waals surface area contributed by atoms with Crippen molar-refractivity contribution in [3.63, 3.8) is 0 Å². The summed E-state index contributed by atoms with van der Waals surface area (Å²) in [6.45, 7) is 0.